The predicted octanol–water partition coefficient (Wildman–Crippen LogP) is 4.43. The summed E-state index contributed by atoms with van der Waals surface area (Å²) in [5, 5.41) is 4.58. The van der Waals surface area contributed by atoms with Gasteiger partial charge in [-0.3, -0.25) is 18.7 Å². The molecule has 4 rings (SSSR count). The van der Waals surface area contributed by atoms with Crippen LogP contribution in [0, 0.1) is 11.6 Å². The van der Waals surface area contributed by atoms with Crippen molar-refractivity contribution in [2.24, 2.45) is 0 Å². The molecule has 0 atom stereocenters. The summed E-state index contributed by atoms with van der Waals surface area (Å²) < 4.78 is 29.5. The molecule has 0 saturated carbocycles. The number of benzene rings is 2. The van der Waals surface area contributed by atoms with Gasteiger partial charge in [0.15, 0.2) is 0 Å². The second kappa shape index (κ2) is 11.2. The first-order chi connectivity index (χ1) is 16.9. The van der Waals surface area contributed by atoms with Gasteiger partial charge in [0.25, 0.3) is 5.56 Å². The number of rotatable bonds is 10. The maximum absolute atomic E-state index is 13.3. The molecule has 9 heteroatoms. The summed E-state index contributed by atoms with van der Waals surface area (Å²) in [6.07, 6.45) is 2.20. The third-order valence-electron chi connectivity index (χ3n) is 5.78. The number of unbranched alkanes of at least 4 members (excludes halogenated alkanes) is 2. The number of carbonyl (C=O) groups is 1. The number of halogens is 2. The fourth-order valence-corrected chi connectivity index (χ4v) is 4.72. The first kappa shape index (κ1) is 24.5. The molecule has 6 nitrogen and oxygen atoms in total. The van der Waals surface area contributed by atoms with Gasteiger partial charge in [0, 0.05) is 19.5 Å². The van der Waals surface area contributed by atoms with Gasteiger partial charge < -0.3 is 5.32 Å². The Balaban J connectivity index is 1.34. The Morgan fingerprint density at radius 2 is 1.49 bits per heavy atom. The predicted molar refractivity (Wildman–Crippen MR) is 133 cm³/mol. The second-order valence-electron chi connectivity index (χ2n) is 8.30. The summed E-state index contributed by atoms with van der Waals surface area (Å²) in [6, 6.07) is 13.6. The molecule has 0 bridgehead atoms. The van der Waals surface area contributed by atoms with Crippen molar-refractivity contribution in [1.82, 2.24) is 14.5 Å². The van der Waals surface area contributed by atoms with Crippen LogP contribution in [0.25, 0.3) is 10.2 Å². The van der Waals surface area contributed by atoms with E-state index in [0.717, 1.165) is 11.1 Å². The van der Waals surface area contributed by atoms with Crippen molar-refractivity contribution < 1.29 is 13.6 Å². The van der Waals surface area contributed by atoms with Crippen LogP contribution in [-0.4, -0.2) is 15.0 Å². The van der Waals surface area contributed by atoms with E-state index in [0.29, 0.717) is 42.4 Å². The van der Waals surface area contributed by atoms with E-state index >= 15 is 0 Å². The number of hydrogen-bond donors (Lipinski definition) is 1. The van der Waals surface area contributed by atoms with E-state index in [1.165, 1.54) is 40.2 Å². The van der Waals surface area contributed by atoms with Gasteiger partial charge in [0.2, 0.25) is 5.91 Å². The van der Waals surface area contributed by atoms with Crippen molar-refractivity contribution in [2.75, 3.05) is 0 Å². The van der Waals surface area contributed by atoms with Crippen molar-refractivity contribution >= 4 is 27.5 Å². The summed E-state index contributed by atoms with van der Waals surface area (Å²) in [5.41, 5.74) is 1.44. The van der Waals surface area contributed by atoms with Crippen LogP contribution in [-0.2, 0) is 24.4 Å². The number of fused-ring (bicyclic) bond motifs is 1. The average Bonchev–Trinajstić information content (AvgIpc) is 3.34. The van der Waals surface area contributed by atoms with Crippen molar-refractivity contribution in [3.63, 3.8) is 0 Å². The Kier molecular flexibility index (Phi) is 7.87. The van der Waals surface area contributed by atoms with Crippen molar-refractivity contribution in [3.8, 4) is 0 Å². The number of hydrogen-bond acceptors (Lipinski definition) is 4. The third kappa shape index (κ3) is 6.10. The molecule has 0 unspecified atom stereocenters. The van der Waals surface area contributed by atoms with Gasteiger partial charge in [-0.1, -0.05) is 30.7 Å². The summed E-state index contributed by atoms with van der Waals surface area (Å²) in [4.78, 5) is 38.1. The highest BCUT2D eigenvalue weighted by Crippen LogP contribution is 2.17. The summed E-state index contributed by atoms with van der Waals surface area (Å²) in [7, 11) is 0. The average molecular weight is 498 g/mol. The minimum atomic E-state index is -0.401. The lowest BCUT2D eigenvalue weighted by Gasteiger charge is -2.12. The van der Waals surface area contributed by atoms with Gasteiger partial charge in [-0.15, -0.1) is 11.3 Å². The Bertz CT molecular complexity index is 1420. The first-order valence-electron chi connectivity index (χ1n) is 11.4. The third-order valence-corrected chi connectivity index (χ3v) is 6.67. The number of aromatic nitrogens is 2. The molecule has 0 spiro atoms. The van der Waals surface area contributed by atoms with Gasteiger partial charge in [0.1, 0.15) is 16.3 Å². The molecule has 2 heterocycles. The summed E-state index contributed by atoms with van der Waals surface area (Å²) in [5.74, 6) is -0.774. The molecule has 35 heavy (non-hydrogen) atoms. The van der Waals surface area contributed by atoms with E-state index < -0.39 is 5.69 Å². The van der Waals surface area contributed by atoms with E-state index in [4.69, 9.17) is 0 Å². The Labute approximate surface area is 204 Å². The summed E-state index contributed by atoms with van der Waals surface area (Å²) >= 11 is 1.29. The zero-order chi connectivity index (χ0) is 24.8. The maximum atomic E-state index is 13.3. The zero-order valence-electron chi connectivity index (χ0n) is 19.0. The Hall–Kier alpha value is -3.59. The molecule has 2 aromatic heterocycles. The van der Waals surface area contributed by atoms with Gasteiger partial charge in [-0.25, -0.2) is 13.6 Å². The fourth-order valence-electron chi connectivity index (χ4n) is 3.88. The lowest BCUT2D eigenvalue weighted by atomic mass is 10.1. The Morgan fingerprint density at radius 1 is 0.829 bits per heavy atom. The molecule has 0 aliphatic carbocycles. The molecular formula is C26H25F2N3O3S. The second-order valence-corrected chi connectivity index (χ2v) is 9.22. The first-order valence-corrected chi connectivity index (χ1v) is 12.3. The molecule has 0 radical (unpaired) electrons. The van der Waals surface area contributed by atoms with Gasteiger partial charge in [-0.05, 0) is 59.7 Å². The van der Waals surface area contributed by atoms with Crippen molar-refractivity contribution in [1.29, 1.82) is 0 Å². The number of nitrogens with one attached hydrogen (secondary N) is 1. The molecule has 2 aromatic carbocycles. The molecule has 0 saturated heterocycles. The normalized spacial score (nSPS) is 11.1. The van der Waals surface area contributed by atoms with Crippen LogP contribution in [0.5, 0.6) is 0 Å². The highest BCUT2D eigenvalue weighted by atomic mass is 32.1. The van der Waals surface area contributed by atoms with E-state index in [2.05, 4.69) is 5.32 Å². The number of amides is 1. The standard InChI is InChI=1S/C26H25F2N3O3S/c27-20-9-5-18(6-10-20)16-29-23(32)4-2-1-3-14-30-25(33)24-22(13-15-35-24)31(26(30)34)17-19-7-11-21(28)12-8-19/h5-13,15H,1-4,14,16-17H2,(H,29,32). The lowest BCUT2D eigenvalue weighted by Crippen LogP contribution is -2.39. The highest BCUT2D eigenvalue weighted by Gasteiger charge is 2.14. The molecule has 1 amide bonds. The Morgan fingerprint density at radius 3 is 2.17 bits per heavy atom. The van der Waals surface area contributed by atoms with Crippen LogP contribution in [0.15, 0.2) is 69.6 Å². The number of nitrogens with zero attached hydrogens (tertiary/aromatic N) is 2. The van der Waals surface area contributed by atoms with Crippen LogP contribution in [0.3, 0.4) is 0 Å². The molecule has 4 aromatic rings. The minimum absolute atomic E-state index is 0.104. The van der Waals surface area contributed by atoms with Gasteiger partial charge in [-0.2, -0.15) is 0 Å². The van der Waals surface area contributed by atoms with Crippen molar-refractivity contribution in [3.05, 3.63) is 104 Å². The van der Waals surface area contributed by atoms with Crippen LogP contribution < -0.4 is 16.6 Å². The quantitative estimate of drug-likeness (QED) is 0.330. The lowest BCUT2D eigenvalue weighted by molar-refractivity contribution is -0.121. The summed E-state index contributed by atoms with van der Waals surface area (Å²) in [6.45, 7) is 0.829. The molecule has 182 valence electrons. The molecule has 0 aliphatic heterocycles. The largest absolute Gasteiger partial charge is 0.352 e. The van der Waals surface area contributed by atoms with E-state index in [1.54, 1.807) is 40.3 Å². The highest BCUT2D eigenvalue weighted by molar-refractivity contribution is 7.17. The smallest absolute Gasteiger partial charge is 0.331 e. The minimum Gasteiger partial charge on any atom is -0.352 e. The molecular weight excluding hydrogens is 472 g/mol. The van der Waals surface area contributed by atoms with Crippen LogP contribution in [0.1, 0.15) is 36.8 Å². The van der Waals surface area contributed by atoms with Crippen molar-refractivity contribution in [2.45, 2.75) is 45.3 Å². The zero-order valence-corrected chi connectivity index (χ0v) is 19.8. The van der Waals surface area contributed by atoms with E-state index in [9.17, 15) is 23.2 Å². The SMILES string of the molecule is O=C(CCCCCn1c(=O)c2sccc2n(Cc2ccc(F)cc2)c1=O)NCc1ccc(F)cc1. The number of thiophene rings is 1. The van der Waals surface area contributed by atoms with Crippen LogP contribution in [0.4, 0.5) is 8.78 Å². The molecule has 1 N–H and O–H groups in total. The van der Waals surface area contributed by atoms with E-state index in [-0.39, 0.29) is 36.2 Å². The molecule has 0 aliphatic rings. The van der Waals surface area contributed by atoms with E-state index in [1.807, 2.05) is 0 Å². The molecule has 0 fully saturated rings. The van der Waals surface area contributed by atoms with Crippen LogP contribution in [0.2, 0.25) is 0 Å². The topological polar surface area (TPSA) is 73.1 Å². The number of carbonyl (C=O) groups excluding carboxylic acids is 1. The van der Waals surface area contributed by atoms with Gasteiger partial charge >= 0.3 is 5.69 Å². The maximum Gasteiger partial charge on any atom is 0.331 e. The van der Waals surface area contributed by atoms with Gasteiger partial charge in [0.05, 0.1) is 12.1 Å². The van der Waals surface area contributed by atoms with Crippen LogP contribution >= 0.6 is 11.3 Å². The fraction of sp³-hybridized carbons (Fsp3) is 0.269. The monoisotopic (exact) mass is 497 g/mol.